The average Bonchev–Trinajstić information content (AvgIpc) is 2.44. The highest BCUT2D eigenvalue weighted by atomic mass is 79.9. The van der Waals surface area contributed by atoms with E-state index in [0.29, 0.717) is 6.54 Å². The molecule has 20 heavy (non-hydrogen) atoms. The Bertz CT molecular complexity index is 542. The van der Waals surface area contributed by atoms with Crippen LogP contribution < -0.4 is 10.6 Å². The van der Waals surface area contributed by atoms with E-state index in [0.717, 1.165) is 41.9 Å². The maximum absolute atomic E-state index is 11.7. The summed E-state index contributed by atoms with van der Waals surface area (Å²) in [6.45, 7) is 6.59. The molecule has 1 aromatic rings. The largest absolute Gasteiger partial charge is 0.315 e. The molecular weight excluding hydrogens is 318 g/mol. The van der Waals surface area contributed by atoms with Gasteiger partial charge in [-0.15, -0.1) is 0 Å². The van der Waals surface area contributed by atoms with Gasteiger partial charge in [0.25, 0.3) is 5.91 Å². The van der Waals surface area contributed by atoms with E-state index in [9.17, 15) is 4.79 Å². The molecule has 0 atom stereocenters. The molecule has 1 aliphatic rings. The Morgan fingerprint density at radius 3 is 2.90 bits per heavy atom. The lowest BCUT2D eigenvalue weighted by Crippen LogP contribution is -2.43. The first kappa shape index (κ1) is 15.0. The number of halogens is 1. The van der Waals surface area contributed by atoms with Crippen LogP contribution in [0.2, 0.25) is 0 Å². The Morgan fingerprint density at radius 1 is 1.45 bits per heavy atom. The van der Waals surface area contributed by atoms with E-state index in [1.165, 1.54) is 0 Å². The van der Waals surface area contributed by atoms with Gasteiger partial charge in [0.2, 0.25) is 0 Å². The summed E-state index contributed by atoms with van der Waals surface area (Å²) in [5.74, 6) is 5.30. The highest BCUT2D eigenvalue weighted by Crippen LogP contribution is 2.19. The molecule has 1 aliphatic heterocycles. The smallest absolute Gasteiger partial charge is 0.300 e. The molecule has 1 fully saturated rings. The topological polar surface area (TPSA) is 44.4 Å². The SMILES string of the molecule is Cc1cc(NC(=O)C#CCN2CCNCC2)ccc1Br. The Morgan fingerprint density at radius 2 is 2.20 bits per heavy atom. The van der Waals surface area contributed by atoms with Gasteiger partial charge in [-0.3, -0.25) is 9.69 Å². The maximum atomic E-state index is 11.7. The highest BCUT2D eigenvalue weighted by molar-refractivity contribution is 9.10. The van der Waals surface area contributed by atoms with Gasteiger partial charge >= 0.3 is 0 Å². The standard InChI is InChI=1S/C15H18BrN3O/c1-12-11-13(4-5-14(12)16)18-15(20)3-2-8-19-9-6-17-7-10-19/h4-5,11,17H,6-10H2,1H3,(H,18,20). The third kappa shape index (κ3) is 4.64. The van der Waals surface area contributed by atoms with Gasteiger partial charge in [0.15, 0.2) is 0 Å². The fourth-order valence-corrected chi connectivity index (χ4v) is 2.23. The second-order valence-corrected chi connectivity index (χ2v) is 5.60. The van der Waals surface area contributed by atoms with Crippen LogP contribution in [-0.2, 0) is 4.79 Å². The van der Waals surface area contributed by atoms with Crippen molar-refractivity contribution in [3.63, 3.8) is 0 Å². The van der Waals surface area contributed by atoms with Crippen LogP contribution in [0.1, 0.15) is 5.56 Å². The number of piperazine rings is 1. The van der Waals surface area contributed by atoms with Gasteiger partial charge in [0.1, 0.15) is 0 Å². The molecule has 0 bridgehead atoms. The molecule has 1 heterocycles. The quantitative estimate of drug-likeness (QED) is 0.807. The summed E-state index contributed by atoms with van der Waals surface area (Å²) in [6.07, 6.45) is 0. The average molecular weight is 336 g/mol. The lowest BCUT2D eigenvalue weighted by Gasteiger charge is -2.24. The second-order valence-electron chi connectivity index (χ2n) is 4.75. The molecule has 0 aliphatic carbocycles. The number of carbonyl (C=O) groups excluding carboxylic acids is 1. The van der Waals surface area contributed by atoms with Crippen LogP contribution in [-0.4, -0.2) is 43.5 Å². The Hall–Kier alpha value is -1.35. The van der Waals surface area contributed by atoms with Gasteiger partial charge in [-0.2, -0.15) is 0 Å². The first-order valence-corrected chi connectivity index (χ1v) is 7.43. The molecule has 106 valence electrons. The molecule has 1 aromatic carbocycles. The number of carbonyl (C=O) groups is 1. The van der Waals surface area contributed by atoms with Gasteiger partial charge in [-0.05, 0) is 36.6 Å². The van der Waals surface area contributed by atoms with Gasteiger partial charge in [-0.25, -0.2) is 0 Å². The van der Waals surface area contributed by atoms with Crippen LogP contribution in [0, 0.1) is 18.8 Å². The van der Waals surface area contributed by atoms with Crippen molar-refractivity contribution < 1.29 is 4.79 Å². The molecule has 0 aromatic heterocycles. The van der Waals surface area contributed by atoms with Crippen LogP contribution in [0.25, 0.3) is 0 Å². The number of anilines is 1. The molecule has 2 N–H and O–H groups in total. The summed E-state index contributed by atoms with van der Waals surface area (Å²) in [5, 5.41) is 6.07. The maximum Gasteiger partial charge on any atom is 0.300 e. The predicted molar refractivity (Wildman–Crippen MR) is 84.6 cm³/mol. The minimum Gasteiger partial charge on any atom is -0.315 e. The zero-order chi connectivity index (χ0) is 14.4. The minimum absolute atomic E-state index is 0.262. The summed E-state index contributed by atoms with van der Waals surface area (Å²) in [6, 6.07) is 5.69. The number of hydrogen-bond acceptors (Lipinski definition) is 3. The van der Waals surface area contributed by atoms with Crippen LogP contribution in [0.4, 0.5) is 5.69 Å². The van der Waals surface area contributed by atoms with Crippen molar-refractivity contribution in [2.75, 3.05) is 38.0 Å². The summed E-state index contributed by atoms with van der Waals surface area (Å²) in [7, 11) is 0. The zero-order valence-electron chi connectivity index (χ0n) is 11.5. The van der Waals surface area contributed by atoms with E-state index < -0.39 is 0 Å². The second kappa shape index (κ2) is 7.44. The molecule has 1 saturated heterocycles. The molecule has 5 heteroatoms. The summed E-state index contributed by atoms with van der Waals surface area (Å²) in [5.41, 5.74) is 1.85. The van der Waals surface area contributed by atoms with Crippen LogP contribution in [0.5, 0.6) is 0 Å². The van der Waals surface area contributed by atoms with Crippen LogP contribution >= 0.6 is 15.9 Å². The van der Waals surface area contributed by atoms with E-state index >= 15 is 0 Å². The molecule has 4 nitrogen and oxygen atoms in total. The number of aryl methyl sites for hydroxylation is 1. The van der Waals surface area contributed by atoms with Crippen molar-refractivity contribution in [3.8, 4) is 11.8 Å². The van der Waals surface area contributed by atoms with Crippen LogP contribution in [0.15, 0.2) is 22.7 Å². The number of amides is 1. The lowest BCUT2D eigenvalue weighted by atomic mass is 10.2. The normalized spacial score (nSPS) is 15.3. The van der Waals surface area contributed by atoms with Crippen molar-refractivity contribution in [1.29, 1.82) is 0 Å². The number of rotatable bonds is 2. The van der Waals surface area contributed by atoms with Crippen molar-refractivity contribution in [3.05, 3.63) is 28.2 Å². The van der Waals surface area contributed by atoms with Crippen molar-refractivity contribution in [2.45, 2.75) is 6.92 Å². The van der Waals surface area contributed by atoms with E-state index in [-0.39, 0.29) is 5.91 Å². The monoisotopic (exact) mass is 335 g/mol. The fourth-order valence-electron chi connectivity index (χ4n) is 1.99. The minimum atomic E-state index is -0.262. The Labute approximate surface area is 128 Å². The molecule has 0 spiro atoms. The summed E-state index contributed by atoms with van der Waals surface area (Å²) < 4.78 is 1.03. The molecule has 0 saturated carbocycles. The molecular formula is C15H18BrN3O. The first-order chi connectivity index (χ1) is 9.65. The lowest BCUT2D eigenvalue weighted by molar-refractivity contribution is -0.111. The molecule has 0 unspecified atom stereocenters. The number of nitrogens with one attached hydrogen (secondary N) is 2. The number of benzene rings is 1. The predicted octanol–water partition coefficient (Wildman–Crippen LogP) is 1.60. The number of nitrogens with zero attached hydrogens (tertiary/aromatic N) is 1. The van der Waals surface area contributed by atoms with Crippen molar-refractivity contribution in [1.82, 2.24) is 10.2 Å². The third-order valence-electron chi connectivity index (χ3n) is 3.13. The fraction of sp³-hybridized carbons (Fsp3) is 0.400. The molecule has 1 amide bonds. The van der Waals surface area contributed by atoms with Crippen LogP contribution in [0.3, 0.4) is 0 Å². The summed E-state index contributed by atoms with van der Waals surface area (Å²) >= 11 is 3.43. The highest BCUT2D eigenvalue weighted by Gasteiger charge is 2.07. The van der Waals surface area contributed by atoms with Crippen molar-refractivity contribution >= 4 is 27.5 Å². The third-order valence-corrected chi connectivity index (χ3v) is 4.02. The Kier molecular flexibility index (Phi) is 5.60. The van der Waals surface area contributed by atoms with Gasteiger partial charge in [0.05, 0.1) is 6.54 Å². The van der Waals surface area contributed by atoms with E-state index in [2.05, 4.69) is 43.3 Å². The summed E-state index contributed by atoms with van der Waals surface area (Å²) in [4.78, 5) is 14.0. The van der Waals surface area contributed by atoms with Gasteiger partial charge in [-0.1, -0.05) is 21.9 Å². The van der Waals surface area contributed by atoms with Gasteiger partial charge < -0.3 is 10.6 Å². The number of hydrogen-bond donors (Lipinski definition) is 2. The van der Waals surface area contributed by atoms with E-state index in [4.69, 9.17) is 0 Å². The zero-order valence-corrected chi connectivity index (χ0v) is 13.1. The van der Waals surface area contributed by atoms with E-state index in [1.54, 1.807) is 0 Å². The molecule has 0 radical (unpaired) electrons. The van der Waals surface area contributed by atoms with E-state index in [1.807, 2.05) is 25.1 Å². The van der Waals surface area contributed by atoms with Gasteiger partial charge in [0, 0.05) is 36.3 Å². The van der Waals surface area contributed by atoms with Crippen molar-refractivity contribution in [2.24, 2.45) is 0 Å². The Balaban J connectivity index is 1.84. The first-order valence-electron chi connectivity index (χ1n) is 6.64. The molecule has 2 rings (SSSR count).